The maximum atomic E-state index is 13.1. The fraction of sp³-hybridized carbons (Fsp3) is 0.273. The van der Waals surface area contributed by atoms with E-state index in [1.807, 2.05) is 13.8 Å². The molecule has 0 aliphatic heterocycles. The molecule has 2 aromatic rings. The number of benzene rings is 1. The van der Waals surface area contributed by atoms with E-state index >= 15 is 0 Å². The van der Waals surface area contributed by atoms with Gasteiger partial charge in [-0.2, -0.15) is 0 Å². The summed E-state index contributed by atoms with van der Waals surface area (Å²) in [6.45, 7) is 3.65. The predicted molar refractivity (Wildman–Crippen MR) is 64.2 cm³/mol. The molecule has 2 rings (SSSR count). The van der Waals surface area contributed by atoms with Gasteiger partial charge in [-0.25, -0.2) is 9.37 Å². The summed E-state index contributed by atoms with van der Waals surface area (Å²) >= 11 is 1.37. The van der Waals surface area contributed by atoms with Crippen LogP contribution < -0.4 is 5.73 Å². The first-order valence-corrected chi connectivity index (χ1v) is 6.00. The Kier molecular flexibility index (Phi) is 3.44. The van der Waals surface area contributed by atoms with Crippen LogP contribution in [0.5, 0.6) is 0 Å². The number of aryl methyl sites for hydroxylation is 1. The molecule has 3 N–H and O–H groups in total. The molecule has 0 aliphatic rings. The Morgan fingerprint density at radius 3 is 2.82 bits per heavy atom. The lowest BCUT2D eigenvalue weighted by Gasteiger charge is -2.10. The van der Waals surface area contributed by atoms with Crippen molar-refractivity contribution in [1.29, 1.82) is 0 Å². The third-order valence-corrected chi connectivity index (χ3v) is 3.20. The van der Waals surface area contributed by atoms with Gasteiger partial charge in [0, 0.05) is 10.9 Å². The van der Waals surface area contributed by atoms with E-state index in [-0.39, 0.29) is 11.9 Å². The van der Waals surface area contributed by atoms with E-state index in [1.165, 1.54) is 23.9 Å². The third-order valence-electron chi connectivity index (χ3n) is 2.24. The molecule has 0 saturated carbocycles. The van der Waals surface area contributed by atoms with Crippen molar-refractivity contribution in [3.63, 3.8) is 0 Å². The zero-order chi connectivity index (χ0) is 12.4. The van der Waals surface area contributed by atoms with Crippen LogP contribution in [-0.2, 0) is 0 Å². The van der Waals surface area contributed by atoms with Gasteiger partial charge >= 0.3 is 0 Å². The zero-order valence-corrected chi connectivity index (χ0v) is 10.4. The van der Waals surface area contributed by atoms with Crippen LogP contribution in [0.4, 0.5) is 4.39 Å². The smallest absolute Gasteiger partial charge is 0.213 e. The highest BCUT2D eigenvalue weighted by Crippen LogP contribution is 2.31. The number of hydrogen-bond acceptors (Lipinski definition) is 4. The number of hydrogen-bond donors (Lipinski definition) is 2. The summed E-state index contributed by atoms with van der Waals surface area (Å²) in [5, 5.41) is 7.40. The number of aromatic amines is 1. The largest absolute Gasteiger partial charge is 0.324 e. The van der Waals surface area contributed by atoms with E-state index in [9.17, 15) is 4.39 Å². The summed E-state index contributed by atoms with van der Waals surface area (Å²) in [5.41, 5.74) is 6.58. The van der Waals surface area contributed by atoms with Gasteiger partial charge in [0.1, 0.15) is 11.6 Å². The van der Waals surface area contributed by atoms with E-state index in [0.717, 1.165) is 16.3 Å². The molecule has 0 amide bonds. The minimum atomic E-state index is -0.284. The Morgan fingerprint density at radius 1 is 1.47 bits per heavy atom. The number of nitrogens with zero attached hydrogens (tertiary/aromatic N) is 2. The van der Waals surface area contributed by atoms with Crippen LogP contribution in [0.3, 0.4) is 0 Å². The quantitative estimate of drug-likeness (QED) is 0.880. The fourth-order valence-electron chi connectivity index (χ4n) is 1.43. The highest BCUT2D eigenvalue weighted by atomic mass is 32.2. The van der Waals surface area contributed by atoms with Gasteiger partial charge in [-0.1, -0.05) is 0 Å². The lowest BCUT2D eigenvalue weighted by atomic mass is 10.1. The minimum Gasteiger partial charge on any atom is -0.324 e. The van der Waals surface area contributed by atoms with Crippen molar-refractivity contribution < 1.29 is 4.39 Å². The second-order valence-corrected chi connectivity index (χ2v) is 4.79. The van der Waals surface area contributed by atoms with Gasteiger partial charge in [0.05, 0.1) is 0 Å². The number of nitrogens with one attached hydrogen (secondary N) is 1. The Balaban J connectivity index is 2.32. The van der Waals surface area contributed by atoms with Gasteiger partial charge in [0.2, 0.25) is 5.16 Å². The van der Waals surface area contributed by atoms with E-state index in [2.05, 4.69) is 15.2 Å². The number of rotatable bonds is 3. The van der Waals surface area contributed by atoms with Crippen LogP contribution in [0.1, 0.15) is 24.4 Å². The van der Waals surface area contributed by atoms with Crippen LogP contribution in [0.15, 0.2) is 28.3 Å². The molecule has 6 heteroatoms. The zero-order valence-electron chi connectivity index (χ0n) is 9.57. The van der Waals surface area contributed by atoms with Crippen molar-refractivity contribution in [3.8, 4) is 0 Å². The molecule has 4 nitrogen and oxygen atoms in total. The van der Waals surface area contributed by atoms with Crippen molar-refractivity contribution in [1.82, 2.24) is 15.2 Å². The third kappa shape index (κ3) is 2.83. The first kappa shape index (κ1) is 12.1. The molecule has 90 valence electrons. The van der Waals surface area contributed by atoms with Gasteiger partial charge in [-0.15, -0.1) is 5.10 Å². The maximum Gasteiger partial charge on any atom is 0.213 e. The number of halogens is 1. The molecule has 0 unspecified atom stereocenters. The van der Waals surface area contributed by atoms with Crippen molar-refractivity contribution in [2.75, 3.05) is 0 Å². The second-order valence-electron chi connectivity index (χ2n) is 3.78. The Bertz CT molecular complexity index is 524. The van der Waals surface area contributed by atoms with E-state index in [1.54, 1.807) is 6.07 Å². The summed E-state index contributed by atoms with van der Waals surface area (Å²) in [6, 6.07) is 4.33. The second kappa shape index (κ2) is 4.85. The van der Waals surface area contributed by atoms with E-state index in [0.29, 0.717) is 5.16 Å². The van der Waals surface area contributed by atoms with Crippen molar-refractivity contribution in [2.45, 2.75) is 29.9 Å². The van der Waals surface area contributed by atoms with Crippen LogP contribution in [-0.4, -0.2) is 15.2 Å². The SMILES string of the molecule is Cc1nc(Sc2ccc(F)cc2[C@H](C)N)n[nH]1. The standard InChI is InChI=1S/C11H13FN4S/c1-6(13)9-5-8(12)3-4-10(9)17-11-14-7(2)15-16-11/h3-6H,13H2,1-2H3,(H,14,15,16)/t6-/m0/s1. The lowest BCUT2D eigenvalue weighted by molar-refractivity contribution is 0.619. The number of nitrogens with two attached hydrogens (primary N) is 1. The molecule has 1 heterocycles. The van der Waals surface area contributed by atoms with Crippen LogP contribution in [0, 0.1) is 12.7 Å². The average molecular weight is 252 g/mol. The van der Waals surface area contributed by atoms with Gasteiger partial charge in [0.25, 0.3) is 0 Å². The molecule has 0 radical (unpaired) electrons. The number of H-pyrrole nitrogens is 1. The topological polar surface area (TPSA) is 67.6 Å². The molecule has 1 aromatic carbocycles. The van der Waals surface area contributed by atoms with E-state index < -0.39 is 0 Å². The van der Waals surface area contributed by atoms with Gasteiger partial charge in [0.15, 0.2) is 0 Å². The predicted octanol–water partition coefficient (Wildman–Crippen LogP) is 2.42. The summed E-state index contributed by atoms with van der Waals surface area (Å²) in [5.74, 6) is 0.463. The highest BCUT2D eigenvalue weighted by Gasteiger charge is 2.11. The molecule has 0 fully saturated rings. The molecule has 0 saturated heterocycles. The highest BCUT2D eigenvalue weighted by molar-refractivity contribution is 7.99. The van der Waals surface area contributed by atoms with Gasteiger partial charge in [-0.3, -0.25) is 5.10 Å². The van der Waals surface area contributed by atoms with Crippen molar-refractivity contribution in [2.24, 2.45) is 5.73 Å². The fourth-order valence-corrected chi connectivity index (χ4v) is 2.40. The van der Waals surface area contributed by atoms with E-state index in [4.69, 9.17) is 5.73 Å². The first-order valence-electron chi connectivity index (χ1n) is 5.18. The Hall–Kier alpha value is -1.40. The molecule has 0 spiro atoms. The normalized spacial score (nSPS) is 12.7. The average Bonchev–Trinajstić information content (AvgIpc) is 2.66. The monoisotopic (exact) mass is 252 g/mol. The van der Waals surface area contributed by atoms with Crippen molar-refractivity contribution >= 4 is 11.8 Å². The summed E-state index contributed by atoms with van der Waals surface area (Å²) in [4.78, 5) is 5.07. The maximum absolute atomic E-state index is 13.1. The summed E-state index contributed by atoms with van der Waals surface area (Å²) in [6.07, 6.45) is 0. The molecule has 1 atom stereocenters. The molecular formula is C11H13FN4S. The first-order chi connectivity index (χ1) is 8.06. The summed E-state index contributed by atoms with van der Waals surface area (Å²) < 4.78 is 13.1. The molecule has 0 aliphatic carbocycles. The molecular weight excluding hydrogens is 239 g/mol. The lowest BCUT2D eigenvalue weighted by Crippen LogP contribution is -2.06. The molecule has 1 aromatic heterocycles. The van der Waals surface area contributed by atoms with Crippen LogP contribution in [0.2, 0.25) is 0 Å². The Labute approximate surface area is 103 Å². The molecule has 17 heavy (non-hydrogen) atoms. The Morgan fingerprint density at radius 2 is 2.24 bits per heavy atom. The van der Waals surface area contributed by atoms with Crippen molar-refractivity contribution in [3.05, 3.63) is 35.4 Å². The van der Waals surface area contributed by atoms with Gasteiger partial charge < -0.3 is 5.73 Å². The van der Waals surface area contributed by atoms with Crippen LogP contribution >= 0.6 is 11.8 Å². The number of aromatic nitrogens is 3. The molecule has 0 bridgehead atoms. The summed E-state index contributed by atoms with van der Waals surface area (Å²) in [7, 11) is 0. The van der Waals surface area contributed by atoms with Gasteiger partial charge in [-0.05, 0) is 49.4 Å². The minimum absolute atomic E-state index is 0.228. The van der Waals surface area contributed by atoms with Crippen LogP contribution in [0.25, 0.3) is 0 Å².